The van der Waals surface area contributed by atoms with Crippen molar-refractivity contribution >= 4 is 46.6 Å². The lowest BCUT2D eigenvalue weighted by Crippen LogP contribution is -2.12. The molecule has 0 saturated carbocycles. The van der Waals surface area contributed by atoms with E-state index in [2.05, 4.69) is 22.9 Å². The minimum absolute atomic E-state index is 0.278. The molecule has 0 bridgehead atoms. The monoisotopic (exact) mass is 284 g/mol. The summed E-state index contributed by atoms with van der Waals surface area (Å²) in [4.78, 5) is 16.8. The van der Waals surface area contributed by atoms with Crippen molar-refractivity contribution in [3.63, 3.8) is 0 Å². The third-order valence-corrected chi connectivity index (χ3v) is 3.52. The van der Waals surface area contributed by atoms with Crippen LogP contribution in [0.1, 0.15) is 16.1 Å². The number of halogens is 1. The van der Waals surface area contributed by atoms with Gasteiger partial charge in [0, 0.05) is 10.3 Å². The van der Waals surface area contributed by atoms with Crippen molar-refractivity contribution in [1.29, 1.82) is 0 Å². The number of hydrogen-bond donors (Lipinski definition) is 2. The molecule has 1 aromatic heterocycles. The van der Waals surface area contributed by atoms with Gasteiger partial charge in [0.2, 0.25) is 0 Å². The van der Waals surface area contributed by atoms with Gasteiger partial charge in [-0.15, -0.1) is 24.0 Å². The van der Waals surface area contributed by atoms with Crippen molar-refractivity contribution in [1.82, 2.24) is 4.98 Å². The summed E-state index contributed by atoms with van der Waals surface area (Å²) in [6, 6.07) is 5.00. The molecule has 1 N–H and O–H groups in total. The molecule has 0 radical (unpaired) electrons. The van der Waals surface area contributed by atoms with E-state index in [-0.39, 0.29) is 5.91 Å². The highest BCUT2D eigenvalue weighted by Gasteiger charge is 2.12. The van der Waals surface area contributed by atoms with Crippen LogP contribution in [0, 0.1) is 6.92 Å². The van der Waals surface area contributed by atoms with Crippen molar-refractivity contribution < 1.29 is 4.79 Å². The maximum Gasteiger partial charge on any atom is 0.258 e. The molecule has 1 aromatic carbocycles. The average molecular weight is 285 g/mol. The fraction of sp³-hybridized carbons (Fsp3) is 0.0909. The standard InChI is InChI=1S/C11H9ClN2OS2/c1-6-5-17-11(13-6)14-10(15)8-4-7(16)2-3-9(8)12/h2-5,16H,1H3,(H,13,14,15). The molecule has 2 aromatic rings. The number of thiol groups is 1. The molecule has 1 amide bonds. The Morgan fingerprint density at radius 3 is 2.94 bits per heavy atom. The van der Waals surface area contributed by atoms with Gasteiger partial charge in [0.05, 0.1) is 16.3 Å². The quantitative estimate of drug-likeness (QED) is 0.827. The van der Waals surface area contributed by atoms with E-state index in [1.54, 1.807) is 18.2 Å². The number of rotatable bonds is 2. The number of carbonyl (C=O) groups is 1. The zero-order valence-electron chi connectivity index (χ0n) is 8.90. The Hall–Kier alpha value is -1.04. The number of nitrogens with zero attached hydrogens (tertiary/aromatic N) is 1. The van der Waals surface area contributed by atoms with Crippen LogP contribution < -0.4 is 5.32 Å². The van der Waals surface area contributed by atoms with Crippen LogP contribution in [0.2, 0.25) is 5.02 Å². The first-order chi connectivity index (χ1) is 8.06. The normalized spacial score (nSPS) is 10.3. The van der Waals surface area contributed by atoms with Gasteiger partial charge in [-0.1, -0.05) is 11.6 Å². The van der Waals surface area contributed by atoms with Crippen molar-refractivity contribution in [3.8, 4) is 0 Å². The van der Waals surface area contributed by atoms with Crippen LogP contribution in [0.25, 0.3) is 0 Å². The zero-order valence-corrected chi connectivity index (χ0v) is 11.4. The summed E-state index contributed by atoms with van der Waals surface area (Å²) < 4.78 is 0. The Morgan fingerprint density at radius 2 is 2.29 bits per heavy atom. The fourth-order valence-electron chi connectivity index (χ4n) is 1.26. The second-order valence-corrected chi connectivity index (χ2v) is 5.19. The Bertz CT molecular complexity index is 568. The SMILES string of the molecule is Cc1csc(NC(=O)c2cc(S)ccc2Cl)n1. The second-order valence-electron chi connectivity index (χ2n) is 3.41. The highest BCUT2D eigenvalue weighted by molar-refractivity contribution is 7.80. The summed E-state index contributed by atoms with van der Waals surface area (Å²) in [5.74, 6) is -0.278. The molecule has 2 rings (SSSR count). The fourth-order valence-corrected chi connectivity index (χ4v) is 2.35. The highest BCUT2D eigenvalue weighted by Crippen LogP contribution is 2.22. The van der Waals surface area contributed by atoms with E-state index >= 15 is 0 Å². The highest BCUT2D eigenvalue weighted by atomic mass is 35.5. The van der Waals surface area contributed by atoms with Gasteiger partial charge in [-0.05, 0) is 25.1 Å². The zero-order chi connectivity index (χ0) is 12.4. The maximum absolute atomic E-state index is 11.9. The number of amides is 1. The van der Waals surface area contributed by atoms with Gasteiger partial charge in [0.15, 0.2) is 5.13 Å². The first kappa shape index (κ1) is 12.4. The van der Waals surface area contributed by atoms with Crippen molar-refractivity contribution in [2.45, 2.75) is 11.8 Å². The molecule has 1 heterocycles. The van der Waals surface area contributed by atoms with Crippen LogP contribution in [-0.4, -0.2) is 10.9 Å². The van der Waals surface area contributed by atoms with E-state index in [0.717, 1.165) is 5.69 Å². The predicted molar refractivity (Wildman–Crippen MR) is 73.5 cm³/mol. The summed E-state index contributed by atoms with van der Waals surface area (Å²) >= 11 is 11.5. The molecule has 0 spiro atoms. The van der Waals surface area contributed by atoms with E-state index in [1.807, 2.05) is 12.3 Å². The molecule has 0 saturated heterocycles. The van der Waals surface area contributed by atoms with E-state index < -0.39 is 0 Å². The smallest absolute Gasteiger partial charge is 0.258 e. The summed E-state index contributed by atoms with van der Waals surface area (Å²) in [5.41, 5.74) is 1.27. The van der Waals surface area contributed by atoms with Crippen molar-refractivity contribution in [2.75, 3.05) is 5.32 Å². The summed E-state index contributed by atoms with van der Waals surface area (Å²) in [6.07, 6.45) is 0. The minimum Gasteiger partial charge on any atom is -0.298 e. The Labute approximate surface area is 113 Å². The molecule has 6 heteroatoms. The molecule has 0 fully saturated rings. The Balaban J connectivity index is 2.22. The number of nitrogens with one attached hydrogen (secondary N) is 1. The molecule has 0 aliphatic carbocycles. The molecule has 0 aliphatic heterocycles. The van der Waals surface area contributed by atoms with Crippen molar-refractivity contribution in [2.24, 2.45) is 0 Å². The van der Waals surface area contributed by atoms with E-state index in [4.69, 9.17) is 11.6 Å². The number of thiazole rings is 1. The number of aryl methyl sites for hydroxylation is 1. The molecule has 17 heavy (non-hydrogen) atoms. The van der Waals surface area contributed by atoms with Gasteiger partial charge in [0.1, 0.15) is 0 Å². The van der Waals surface area contributed by atoms with Crippen LogP contribution >= 0.6 is 35.6 Å². The van der Waals surface area contributed by atoms with Gasteiger partial charge in [0.25, 0.3) is 5.91 Å². The number of carbonyl (C=O) groups excluding carboxylic acids is 1. The number of hydrogen-bond acceptors (Lipinski definition) is 4. The summed E-state index contributed by atoms with van der Waals surface area (Å²) in [6.45, 7) is 1.87. The van der Waals surface area contributed by atoms with Crippen molar-refractivity contribution in [3.05, 3.63) is 39.9 Å². The lowest BCUT2D eigenvalue weighted by atomic mass is 10.2. The maximum atomic E-state index is 11.9. The van der Waals surface area contributed by atoms with Gasteiger partial charge in [-0.25, -0.2) is 4.98 Å². The van der Waals surface area contributed by atoms with E-state index in [1.165, 1.54) is 11.3 Å². The van der Waals surface area contributed by atoms with Crippen LogP contribution in [0.3, 0.4) is 0 Å². The van der Waals surface area contributed by atoms with E-state index in [0.29, 0.717) is 20.6 Å². The van der Waals surface area contributed by atoms with Crippen LogP contribution in [0.15, 0.2) is 28.5 Å². The van der Waals surface area contributed by atoms with Gasteiger partial charge < -0.3 is 0 Å². The predicted octanol–water partition coefficient (Wildman–Crippen LogP) is 3.65. The summed E-state index contributed by atoms with van der Waals surface area (Å²) in [5, 5.41) is 5.52. The first-order valence-corrected chi connectivity index (χ1v) is 6.49. The number of anilines is 1. The average Bonchev–Trinajstić information content (AvgIpc) is 2.67. The Kier molecular flexibility index (Phi) is 3.71. The van der Waals surface area contributed by atoms with Gasteiger partial charge >= 0.3 is 0 Å². The molecule has 0 unspecified atom stereocenters. The second kappa shape index (κ2) is 5.08. The van der Waals surface area contributed by atoms with Crippen LogP contribution in [-0.2, 0) is 0 Å². The van der Waals surface area contributed by atoms with E-state index in [9.17, 15) is 4.79 Å². The largest absolute Gasteiger partial charge is 0.298 e. The van der Waals surface area contributed by atoms with Gasteiger partial charge in [-0.3, -0.25) is 10.1 Å². The Morgan fingerprint density at radius 1 is 1.53 bits per heavy atom. The first-order valence-electron chi connectivity index (χ1n) is 4.78. The molecule has 3 nitrogen and oxygen atoms in total. The summed E-state index contributed by atoms with van der Waals surface area (Å²) in [7, 11) is 0. The molecular formula is C11H9ClN2OS2. The lowest BCUT2D eigenvalue weighted by molar-refractivity contribution is 0.102. The van der Waals surface area contributed by atoms with Crippen LogP contribution in [0.5, 0.6) is 0 Å². The topological polar surface area (TPSA) is 42.0 Å². The number of aromatic nitrogens is 1. The van der Waals surface area contributed by atoms with Gasteiger partial charge in [-0.2, -0.15) is 0 Å². The van der Waals surface area contributed by atoms with Crippen LogP contribution in [0.4, 0.5) is 5.13 Å². The molecule has 0 atom stereocenters. The lowest BCUT2D eigenvalue weighted by Gasteiger charge is -2.04. The minimum atomic E-state index is -0.278. The third kappa shape index (κ3) is 3.00. The molecule has 88 valence electrons. The molecule has 0 aliphatic rings. The number of benzene rings is 1. The third-order valence-electron chi connectivity index (χ3n) is 2.03. The molecular weight excluding hydrogens is 276 g/mol.